The van der Waals surface area contributed by atoms with Gasteiger partial charge in [0.1, 0.15) is 6.33 Å². The molecule has 0 saturated carbocycles. The number of rotatable bonds is 6. The van der Waals surface area contributed by atoms with Crippen molar-refractivity contribution in [2.75, 3.05) is 5.32 Å². The largest absolute Gasteiger partial charge is 0.415 e. The Labute approximate surface area is 200 Å². The van der Waals surface area contributed by atoms with E-state index in [-0.39, 0.29) is 5.89 Å². The van der Waals surface area contributed by atoms with Gasteiger partial charge in [0.15, 0.2) is 5.13 Å². The topological polar surface area (TPSA) is 107 Å². The minimum absolute atomic E-state index is 0.0769. The Morgan fingerprint density at radius 2 is 1.77 bits per heavy atom. The van der Waals surface area contributed by atoms with Crippen LogP contribution in [0.25, 0.3) is 38.7 Å². The Bertz CT molecular complexity index is 1600. The number of nitrogens with one attached hydrogen (secondary N) is 1. The summed E-state index contributed by atoms with van der Waals surface area (Å²) in [6.45, 7) is 0. The van der Waals surface area contributed by atoms with Gasteiger partial charge < -0.3 is 9.73 Å². The van der Waals surface area contributed by atoms with Crippen LogP contribution in [-0.2, 0) is 0 Å². The Hall–Kier alpha value is -4.58. The molecule has 9 nitrogen and oxygen atoms in total. The van der Waals surface area contributed by atoms with Gasteiger partial charge in [0, 0.05) is 35.2 Å². The lowest BCUT2D eigenvalue weighted by molar-refractivity contribution is 0.116. The number of fused-ring (bicyclic) bond motifs is 1. The highest BCUT2D eigenvalue weighted by molar-refractivity contribution is 7.12. The molecule has 0 unspecified atom stereocenters. The lowest BCUT2D eigenvalue weighted by Gasteiger charge is -2.10. The zero-order valence-electron chi connectivity index (χ0n) is 17.7. The molecule has 6 rings (SSSR count). The van der Waals surface area contributed by atoms with Gasteiger partial charge in [-0.05, 0) is 17.7 Å². The molecule has 0 aliphatic heterocycles. The second-order valence-corrected chi connectivity index (χ2v) is 8.23. The van der Waals surface area contributed by atoms with E-state index in [1.165, 1.54) is 23.7 Å². The van der Waals surface area contributed by atoms with Gasteiger partial charge in [-0.1, -0.05) is 30.3 Å². The van der Waals surface area contributed by atoms with Crippen molar-refractivity contribution in [3.05, 3.63) is 78.7 Å². The molecule has 0 radical (unpaired) electrons. The van der Waals surface area contributed by atoms with Crippen LogP contribution in [0, 0.1) is 0 Å². The quantitative estimate of drug-likeness (QED) is 0.320. The smallest absolute Gasteiger partial charge is 0.314 e. The van der Waals surface area contributed by atoms with Gasteiger partial charge in [-0.15, -0.1) is 21.5 Å². The van der Waals surface area contributed by atoms with Crippen molar-refractivity contribution in [3.63, 3.8) is 0 Å². The third kappa shape index (κ3) is 3.99. The zero-order chi connectivity index (χ0) is 23.8. The van der Waals surface area contributed by atoms with Gasteiger partial charge >= 0.3 is 6.43 Å². The second-order valence-electron chi connectivity index (χ2n) is 7.35. The number of benzene rings is 2. The van der Waals surface area contributed by atoms with E-state index in [2.05, 4.69) is 35.5 Å². The lowest BCUT2D eigenvalue weighted by atomic mass is 10.0. The summed E-state index contributed by atoms with van der Waals surface area (Å²) in [7, 11) is 0. The Morgan fingerprint density at radius 1 is 0.943 bits per heavy atom. The second kappa shape index (κ2) is 8.65. The summed E-state index contributed by atoms with van der Waals surface area (Å²) in [5, 5.41) is 12.8. The van der Waals surface area contributed by atoms with Crippen LogP contribution in [0.1, 0.15) is 12.3 Å². The number of alkyl halides is 2. The summed E-state index contributed by atoms with van der Waals surface area (Å²) in [6.07, 6.45) is 3.51. The Balaban J connectivity index is 1.38. The average molecular weight is 488 g/mol. The first-order valence-corrected chi connectivity index (χ1v) is 11.2. The first kappa shape index (κ1) is 21.0. The highest BCUT2D eigenvalue weighted by atomic mass is 32.1. The van der Waals surface area contributed by atoms with E-state index < -0.39 is 12.3 Å². The highest BCUT2D eigenvalue weighted by Gasteiger charge is 2.18. The van der Waals surface area contributed by atoms with E-state index in [1.54, 1.807) is 12.5 Å². The number of aromatic nitrogens is 7. The summed E-state index contributed by atoms with van der Waals surface area (Å²) < 4.78 is 32.3. The fourth-order valence-corrected chi connectivity index (χ4v) is 4.21. The van der Waals surface area contributed by atoms with E-state index in [0.717, 1.165) is 33.0 Å². The molecule has 6 aromatic rings. The molecule has 0 fully saturated rings. The van der Waals surface area contributed by atoms with Crippen molar-refractivity contribution in [2.45, 2.75) is 6.43 Å². The summed E-state index contributed by atoms with van der Waals surface area (Å²) in [5.74, 6) is -0.520. The monoisotopic (exact) mass is 488 g/mol. The SMILES string of the molecule is FC(F)c1nnc(-c2cnc(Nc3cc(-c4ccccc4)c4ncn(-c5nccs5)c4c3)nc2)o1. The van der Waals surface area contributed by atoms with Gasteiger partial charge in [0.05, 0.1) is 16.6 Å². The summed E-state index contributed by atoms with van der Waals surface area (Å²) in [5.41, 5.74) is 4.71. The summed E-state index contributed by atoms with van der Waals surface area (Å²) in [6, 6.07) is 13.9. The first-order chi connectivity index (χ1) is 17.2. The minimum atomic E-state index is -2.84. The molecule has 0 aliphatic carbocycles. The van der Waals surface area contributed by atoms with Crippen molar-refractivity contribution in [2.24, 2.45) is 0 Å². The average Bonchev–Trinajstić information content (AvgIpc) is 3.65. The van der Waals surface area contributed by atoms with E-state index in [4.69, 9.17) is 4.42 Å². The third-order valence-electron chi connectivity index (χ3n) is 5.14. The fourth-order valence-electron chi connectivity index (χ4n) is 3.58. The van der Waals surface area contributed by atoms with Crippen LogP contribution in [0.4, 0.5) is 20.4 Å². The van der Waals surface area contributed by atoms with Crippen molar-refractivity contribution in [1.82, 2.24) is 34.7 Å². The number of halogens is 2. The molecule has 2 aromatic carbocycles. The molecule has 0 aliphatic rings. The van der Waals surface area contributed by atoms with Crippen LogP contribution in [0.3, 0.4) is 0 Å². The number of nitrogens with zero attached hydrogens (tertiary/aromatic N) is 7. The normalized spacial score (nSPS) is 11.4. The number of imidazole rings is 1. The van der Waals surface area contributed by atoms with Gasteiger partial charge in [-0.25, -0.2) is 19.9 Å². The molecule has 0 bridgehead atoms. The molecular weight excluding hydrogens is 474 g/mol. The molecule has 12 heteroatoms. The molecule has 0 amide bonds. The van der Waals surface area contributed by atoms with Crippen LogP contribution < -0.4 is 5.32 Å². The molecular formula is C23H14F2N8OS. The van der Waals surface area contributed by atoms with Gasteiger partial charge in [-0.2, -0.15) is 8.78 Å². The molecule has 0 spiro atoms. The fraction of sp³-hybridized carbons (Fsp3) is 0.0435. The lowest BCUT2D eigenvalue weighted by Crippen LogP contribution is -1.99. The molecule has 0 atom stereocenters. The number of thiazole rings is 1. The molecule has 4 aromatic heterocycles. The predicted octanol–water partition coefficient (Wildman–Crippen LogP) is 5.67. The summed E-state index contributed by atoms with van der Waals surface area (Å²) >= 11 is 1.51. The molecule has 172 valence electrons. The van der Waals surface area contributed by atoms with E-state index in [0.29, 0.717) is 11.5 Å². The first-order valence-electron chi connectivity index (χ1n) is 10.3. The summed E-state index contributed by atoms with van der Waals surface area (Å²) in [4.78, 5) is 17.6. The van der Waals surface area contributed by atoms with Crippen LogP contribution in [-0.4, -0.2) is 34.7 Å². The number of hydrogen-bond donors (Lipinski definition) is 1. The maximum atomic E-state index is 12.7. The Kier molecular flexibility index (Phi) is 5.19. The number of hydrogen-bond acceptors (Lipinski definition) is 9. The minimum Gasteiger partial charge on any atom is -0.415 e. The van der Waals surface area contributed by atoms with Crippen LogP contribution >= 0.6 is 11.3 Å². The van der Waals surface area contributed by atoms with E-state index in [1.807, 2.05) is 52.4 Å². The van der Waals surface area contributed by atoms with Gasteiger partial charge in [0.2, 0.25) is 5.95 Å². The van der Waals surface area contributed by atoms with E-state index in [9.17, 15) is 8.78 Å². The van der Waals surface area contributed by atoms with Gasteiger partial charge in [0.25, 0.3) is 11.8 Å². The molecule has 0 saturated heterocycles. The van der Waals surface area contributed by atoms with Crippen molar-refractivity contribution >= 4 is 34.0 Å². The highest BCUT2D eigenvalue weighted by Crippen LogP contribution is 2.33. The maximum absolute atomic E-state index is 12.7. The third-order valence-corrected chi connectivity index (χ3v) is 5.91. The molecule has 35 heavy (non-hydrogen) atoms. The van der Waals surface area contributed by atoms with E-state index >= 15 is 0 Å². The molecule has 1 N–H and O–H groups in total. The zero-order valence-corrected chi connectivity index (χ0v) is 18.5. The van der Waals surface area contributed by atoms with Gasteiger partial charge in [-0.3, -0.25) is 4.57 Å². The van der Waals surface area contributed by atoms with Crippen LogP contribution in [0.15, 0.2) is 77.2 Å². The van der Waals surface area contributed by atoms with Crippen molar-refractivity contribution in [3.8, 4) is 27.7 Å². The predicted molar refractivity (Wildman–Crippen MR) is 126 cm³/mol. The Morgan fingerprint density at radius 3 is 2.49 bits per heavy atom. The molecule has 4 heterocycles. The standard InChI is InChI=1S/C23H14F2N8OS/c24-19(25)21-32-31-20(34-21)14-10-27-22(28-11-14)30-15-8-16(13-4-2-1-3-5-13)18-17(9-15)33(12-29-18)23-26-6-7-35-23/h1-12,19H,(H,27,28,30). The number of anilines is 2. The maximum Gasteiger partial charge on any atom is 0.314 e. The van der Waals surface area contributed by atoms with Crippen LogP contribution in [0.5, 0.6) is 0 Å². The van der Waals surface area contributed by atoms with Crippen molar-refractivity contribution < 1.29 is 13.2 Å². The van der Waals surface area contributed by atoms with Crippen molar-refractivity contribution in [1.29, 1.82) is 0 Å². The van der Waals surface area contributed by atoms with Crippen LogP contribution in [0.2, 0.25) is 0 Å².